The van der Waals surface area contributed by atoms with Crippen molar-refractivity contribution in [1.82, 2.24) is 14.9 Å². The number of aliphatic hydroxyl groups is 1. The van der Waals surface area contributed by atoms with Gasteiger partial charge in [0.1, 0.15) is 12.2 Å². The summed E-state index contributed by atoms with van der Waals surface area (Å²) in [5.74, 6) is 0.495. The maximum absolute atomic E-state index is 13.3. The lowest BCUT2D eigenvalue weighted by Gasteiger charge is -2.50. The molecule has 2 bridgehead atoms. The number of fused-ring (bicyclic) bond motifs is 5. The van der Waals surface area contributed by atoms with E-state index in [1.165, 1.54) is 22.3 Å². The van der Waals surface area contributed by atoms with Crippen LogP contribution in [0.25, 0.3) is 11.1 Å². The Bertz CT molecular complexity index is 1120. The van der Waals surface area contributed by atoms with Gasteiger partial charge >= 0.3 is 6.09 Å². The largest absolute Gasteiger partial charge is 0.448 e. The van der Waals surface area contributed by atoms with Gasteiger partial charge in [-0.15, -0.1) is 0 Å². The molecule has 0 radical (unpaired) electrons. The summed E-state index contributed by atoms with van der Waals surface area (Å²) >= 11 is 0. The average molecular weight is 442 g/mol. The summed E-state index contributed by atoms with van der Waals surface area (Å²) in [5.41, 5.74) is 3.76. The lowest BCUT2D eigenvalue weighted by atomic mass is 9.75. The predicted molar refractivity (Wildman–Crippen MR) is 123 cm³/mol. The first-order valence-electron chi connectivity index (χ1n) is 11.8. The van der Waals surface area contributed by atoms with Gasteiger partial charge < -0.3 is 14.7 Å². The van der Waals surface area contributed by atoms with Crippen LogP contribution in [0.1, 0.15) is 55.0 Å². The van der Waals surface area contributed by atoms with Gasteiger partial charge in [-0.25, -0.2) is 14.8 Å². The lowest BCUT2D eigenvalue weighted by molar-refractivity contribution is -0.0937. The molecule has 3 heterocycles. The first-order valence-corrected chi connectivity index (χ1v) is 11.8. The molecule has 1 amide bonds. The van der Waals surface area contributed by atoms with Crippen LogP contribution in [0.2, 0.25) is 0 Å². The molecule has 1 N–H and O–H groups in total. The van der Waals surface area contributed by atoms with Gasteiger partial charge in [-0.3, -0.25) is 0 Å². The van der Waals surface area contributed by atoms with E-state index >= 15 is 0 Å². The molecule has 33 heavy (non-hydrogen) atoms. The van der Waals surface area contributed by atoms with Crippen LogP contribution >= 0.6 is 0 Å². The van der Waals surface area contributed by atoms with Crippen molar-refractivity contribution in [1.29, 1.82) is 0 Å². The van der Waals surface area contributed by atoms with Gasteiger partial charge in [0.25, 0.3) is 0 Å². The molecule has 2 atom stereocenters. The molecule has 3 aromatic rings. The van der Waals surface area contributed by atoms with E-state index in [0.29, 0.717) is 25.3 Å². The van der Waals surface area contributed by atoms with Crippen LogP contribution in [0, 0.1) is 0 Å². The molecule has 168 valence electrons. The molecular weight excluding hydrogens is 414 g/mol. The molecule has 2 aliphatic heterocycles. The first-order chi connectivity index (χ1) is 16.1. The normalized spacial score (nSPS) is 25.9. The summed E-state index contributed by atoms with van der Waals surface area (Å²) < 4.78 is 5.96. The van der Waals surface area contributed by atoms with Crippen molar-refractivity contribution in [3.8, 4) is 11.1 Å². The van der Waals surface area contributed by atoms with E-state index in [4.69, 9.17) is 4.74 Å². The molecule has 0 spiro atoms. The first kappa shape index (κ1) is 20.4. The van der Waals surface area contributed by atoms with Gasteiger partial charge in [0, 0.05) is 43.2 Å². The van der Waals surface area contributed by atoms with Crippen LogP contribution < -0.4 is 0 Å². The molecule has 6 heteroatoms. The van der Waals surface area contributed by atoms with Gasteiger partial charge in [-0.2, -0.15) is 0 Å². The summed E-state index contributed by atoms with van der Waals surface area (Å²) in [6.07, 6.45) is 6.69. The number of benzene rings is 2. The molecule has 0 saturated carbocycles. The fourth-order valence-electron chi connectivity index (χ4n) is 6.12. The highest BCUT2D eigenvalue weighted by Crippen LogP contribution is 2.46. The molecule has 1 aliphatic carbocycles. The zero-order chi connectivity index (χ0) is 22.4. The minimum absolute atomic E-state index is 0.0423. The van der Waals surface area contributed by atoms with Crippen LogP contribution in [0.4, 0.5) is 4.79 Å². The number of nitrogens with zero attached hydrogens (tertiary/aromatic N) is 3. The van der Waals surface area contributed by atoms with Crippen molar-refractivity contribution in [3.63, 3.8) is 0 Å². The molecule has 2 aromatic carbocycles. The minimum atomic E-state index is -1.10. The zero-order valence-electron chi connectivity index (χ0n) is 18.4. The number of hydrogen-bond donors (Lipinski definition) is 1. The third kappa shape index (κ3) is 3.40. The highest BCUT2D eigenvalue weighted by Gasteiger charge is 2.50. The van der Waals surface area contributed by atoms with Gasteiger partial charge in [0.15, 0.2) is 5.82 Å². The zero-order valence-corrected chi connectivity index (χ0v) is 18.4. The van der Waals surface area contributed by atoms with Gasteiger partial charge in [-0.05, 0) is 47.6 Å². The van der Waals surface area contributed by atoms with Crippen LogP contribution in [-0.2, 0) is 10.3 Å². The van der Waals surface area contributed by atoms with Gasteiger partial charge in [0.2, 0.25) is 0 Å². The number of amides is 1. The van der Waals surface area contributed by atoms with E-state index in [1.807, 2.05) is 17.0 Å². The Balaban J connectivity index is 1.21. The predicted octanol–water partition coefficient (Wildman–Crippen LogP) is 4.63. The fourth-order valence-corrected chi connectivity index (χ4v) is 6.12. The topological polar surface area (TPSA) is 75.5 Å². The van der Waals surface area contributed by atoms with Crippen molar-refractivity contribution >= 4 is 6.09 Å². The molecule has 6 nitrogen and oxygen atoms in total. The number of ether oxygens (including phenoxy) is 1. The minimum Gasteiger partial charge on any atom is -0.448 e. The van der Waals surface area contributed by atoms with E-state index in [1.54, 1.807) is 18.5 Å². The smallest absolute Gasteiger partial charge is 0.410 e. The van der Waals surface area contributed by atoms with E-state index in [2.05, 4.69) is 46.4 Å². The van der Waals surface area contributed by atoms with E-state index in [9.17, 15) is 9.90 Å². The number of aromatic nitrogens is 2. The van der Waals surface area contributed by atoms with Crippen molar-refractivity contribution in [2.24, 2.45) is 0 Å². The second kappa shape index (κ2) is 7.96. The average Bonchev–Trinajstić information content (AvgIpc) is 3.16. The summed E-state index contributed by atoms with van der Waals surface area (Å²) in [6, 6.07) is 18.3. The Morgan fingerprint density at radius 3 is 2.12 bits per heavy atom. The highest BCUT2D eigenvalue weighted by atomic mass is 16.6. The molecule has 2 unspecified atom stereocenters. The second-order valence-corrected chi connectivity index (χ2v) is 9.46. The SMILES string of the molecule is O=C(OCC1c2ccccc2-c2ccccc21)N1C2CCCC1CC(O)(c1ncccn1)C2. The van der Waals surface area contributed by atoms with Crippen LogP contribution in [0.5, 0.6) is 0 Å². The van der Waals surface area contributed by atoms with E-state index in [-0.39, 0.29) is 24.1 Å². The van der Waals surface area contributed by atoms with Crippen molar-refractivity contribution in [2.75, 3.05) is 6.61 Å². The Hall–Kier alpha value is -3.25. The standard InChI is InChI=1S/C27H27N3O3/c31-26(33-17-24-22-11-3-1-9-20(22)21-10-2-4-12-23(21)24)30-18-7-5-8-19(30)16-27(32,15-18)25-28-13-6-14-29-25/h1-4,6,9-14,18-19,24,32H,5,7-8,15-17H2. The molecule has 2 fully saturated rings. The van der Waals surface area contributed by atoms with E-state index < -0.39 is 5.60 Å². The molecular formula is C27H27N3O3. The molecule has 1 aromatic heterocycles. The fraction of sp³-hybridized carbons (Fsp3) is 0.370. The third-order valence-corrected chi connectivity index (χ3v) is 7.54. The third-order valence-electron chi connectivity index (χ3n) is 7.54. The second-order valence-electron chi connectivity index (χ2n) is 9.46. The van der Waals surface area contributed by atoms with Crippen LogP contribution in [-0.4, -0.2) is 44.8 Å². The van der Waals surface area contributed by atoms with Crippen LogP contribution in [0.3, 0.4) is 0 Å². The highest BCUT2D eigenvalue weighted by molar-refractivity contribution is 5.79. The number of piperidine rings is 2. The molecule has 6 rings (SSSR count). The maximum atomic E-state index is 13.3. The summed E-state index contributed by atoms with van der Waals surface area (Å²) in [7, 11) is 0. The lowest BCUT2D eigenvalue weighted by Crippen LogP contribution is -2.59. The Morgan fingerprint density at radius 1 is 0.939 bits per heavy atom. The number of carbonyl (C=O) groups excluding carboxylic acids is 1. The maximum Gasteiger partial charge on any atom is 0.410 e. The van der Waals surface area contributed by atoms with Crippen LogP contribution in [0.15, 0.2) is 67.0 Å². The van der Waals surface area contributed by atoms with Crippen molar-refractivity contribution < 1.29 is 14.6 Å². The molecule has 2 saturated heterocycles. The monoisotopic (exact) mass is 441 g/mol. The van der Waals surface area contributed by atoms with Crippen molar-refractivity contribution in [2.45, 2.75) is 55.7 Å². The Labute approximate surface area is 193 Å². The van der Waals surface area contributed by atoms with Gasteiger partial charge in [0.05, 0.1) is 0 Å². The molecule has 3 aliphatic rings. The quantitative estimate of drug-likeness (QED) is 0.641. The number of carbonyl (C=O) groups is 1. The Morgan fingerprint density at radius 2 is 1.52 bits per heavy atom. The Kier molecular flexibility index (Phi) is 4.91. The van der Waals surface area contributed by atoms with Crippen molar-refractivity contribution in [3.05, 3.63) is 83.9 Å². The summed E-state index contributed by atoms with van der Waals surface area (Å²) in [6.45, 7) is 0.314. The number of rotatable bonds is 3. The summed E-state index contributed by atoms with van der Waals surface area (Å²) in [4.78, 5) is 23.8. The summed E-state index contributed by atoms with van der Waals surface area (Å²) in [5, 5.41) is 11.4. The van der Waals surface area contributed by atoms with Gasteiger partial charge in [-0.1, -0.05) is 48.5 Å². The number of hydrogen-bond acceptors (Lipinski definition) is 5. The van der Waals surface area contributed by atoms with E-state index in [0.717, 1.165) is 19.3 Å².